The van der Waals surface area contributed by atoms with Crippen molar-refractivity contribution in [3.8, 4) is 0 Å². The van der Waals surface area contributed by atoms with E-state index in [-0.39, 0.29) is 24.5 Å². The highest BCUT2D eigenvalue weighted by Crippen LogP contribution is 2.41. The van der Waals surface area contributed by atoms with E-state index in [2.05, 4.69) is 24.2 Å². The molecular weight excluding hydrogens is 368 g/mol. The Hall–Kier alpha value is -1.92. The number of ether oxygens (including phenoxy) is 1. The van der Waals surface area contributed by atoms with Crippen molar-refractivity contribution in [1.29, 1.82) is 0 Å². The quantitative estimate of drug-likeness (QED) is 0.825. The van der Waals surface area contributed by atoms with Gasteiger partial charge in [-0.25, -0.2) is 0 Å². The number of benzene rings is 1. The maximum atomic E-state index is 13.6. The highest BCUT2D eigenvalue weighted by atomic mass is 16.6. The van der Waals surface area contributed by atoms with Crippen molar-refractivity contribution in [2.24, 2.45) is 16.5 Å². The highest BCUT2D eigenvalue weighted by Gasteiger charge is 2.46. The summed E-state index contributed by atoms with van der Waals surface area (Å²) in [6.07, 6.45) is 4.75. The lowest BCUT2D eigenvalue weighted by Crippen LogP contribution is -2.51. The van der Waals surface area contributed by atoms with Gasteiger partial charge in [0, 0.05) is 51.3 Å². The van der Waals surface area contributed by atoms with E-state index in [1.807, 2.05) is 17.0 Å². The number of hydrogen-bond donors (Lipinski definition) is 1. The summed E-state index contributed by atoms with van der Waals surface area (Å²) in [5, 5.41) is 13.9. The monoisotopic (exact) mass is 400 g/mol. The molecule has 2 saturated heterocycles. The number of carbonyl (C=O) groups is 1. The van der Waals surface area contributed by atoms with Crippen LogP contribution in [-0.2, 0) is 14.4 Å². The van der Waals surface area contributed by atoms with Crippen LogP contribution < -0.4 is 0 Å². The minimum absolute atomic E-state index is 0.0786. The second kappa shape index (κ2) is 8.84. The molecule has 0 aromatic heterocycles. The average Bonchev–Trinajstić information content (AvgIpc) is 3.22. The van der Waals surface area contributed by atoms with Crippen LogP contribution in [0.1, 0.15) is 49.7 Å². The summed E-state index contributed by atoms with van der Waals surface area (Å²) in [7, 11) is 0. The Morgan fingerprint density at radius 1 is 1.31 bits per heavy atom. The predicted octanol–water partition coefficient (Wildman–Crippen LogP) is 2.91. The average molecular weight is 401 g/mol. The third kappa shape index (κ3) is 4.33. The fourth-order valence-electron chi connectivity index (χ4n) is 5.03. The number of oxime groups is 1. The number of nitrogens with zero attached hydrogens (tertiary/aromatic N) is 2. The van der Waals surface area contributed by atoms with Crippen molar-refractivity contribution in [2.45, 2.75) is 51.6 Å². The standard InChI is InChI=1S/C23H32N2O4/c1-17-5-2-3-7-20(17)21-13-19(29-24-21)14-23(8-11-28-12-9-23)22(27)25-10-4-6-18(15-25)16-26/h2-3,5,7,18-19,26H,4,6,8-16H2,1H3. The van der Waals surface area contributed by atoms with Gasteiger partial charge < -0.3 is 19.6 Å². The highest BCUT2D eigenvalue weighted by molar-refractivity contribution is 6.02. The smallest absolute Gasteiger partial charge is 0.229 e. The first kappa shape index (κ1) is 20.4. The summed E-state index contributed by atoms with van der Waals surface area (Å²) < 4.78 is 5.60. The molecule has 2 unspecified atom stereocenters. The minimum Gasteiger partial charge on any atom is -0.396 e. The van der Waals surface area contributed by atoms with Crippen LogP contribution in [0, 0.1) is 18.3 Å². The number of rotatable bonds is 5. The summed E-state index contributed by atoms with van der Waals surface area (Å²) in [6, 6.07) is 8.22. The van der Waals surface area contributed by atoms with Crippen LogP contribution in [-0.4, -0.2) is 60.6 Å². The van der Waals surface area contributed by atoms with Gasteiger partial charge in [0.25, 0.3) is 0 Å². The Kier molecular flexibility index (Phi) is 6.20. The third-order valence-corrected chi connectivity index (χ3v) is 6.78. The molecule has 1 N–H and O–H groups in total. The zero-order chi connectivity index (χ0) is 20.3. The van der Waals surface area contributed by atoms with Crippen LogP contribution in [0.5, 0.6) is 0 Å². The predicted molar refractivity (Wildman–Crippen MR) is 111 cm³/mol. The van der Waals surface area contributed by atoms with E-state index in [1.54, 1.807) is 0 Å². The molecule has 0 radical (unpaired) electrons. The summed E-state index contributed by atoms with van der Waals surface area (Å²) >= 11 is 0. The Labute approximate surface area is 172 Å². The van der Waals surface area contributed by atoms with E-state index >= 15 is 0 Å². The number of aliphatic hydroxyl groups is 1. The summed E-state index contributed by atoms with van der Waals surface area (Å²) in [6.45, 7) is 4.91. The number of piperidine rings is 1. The lowest BCUT2D eigenvalue weighted by molar-refractivity contribution is -0.153. The van der Waals surface area contributed by atoms with Crippen molar-refractivity contribution in [1.82, 2.24) is 4.90 Å². The van der Waals surface area contributed by atoms with Crippen LogP contribution in [0.2, 0.25) is 0 Å². The van der Waals surface area contributed by atoms with Gasteiger partial charge in [0.2, 0.25) is 5.91 Å². The van der Waals surface area contributed by atoms with Gasteiger partial charge in [-0.15, -0.1) is 0 Å². The lowest BCUT2D eigenvalue weighted by Gasteiger charge is -2.43. The Bertz CT molecular complexity index is 757. The van der Waals surface area contributed by atoms with E-state index in [0.29, 0.717) is 26.2 Å². The maximum absolute atomic E-state index is 13.6. The first-order chi connectivity index (χ1) is 14.1. The van der Waals surface area contributed by atoms with Crippen molar-refractivity contribution in [3.05, 3.63) is 35.4 Å². The molecule has 4 rings (SSSR count). The van der Waals surface area contributed by atoms with Crippen LogP contribution in [0.4, 0.5) is 0 Å². The molecule has 2 fully saturated rings. The van der Waals surface area contributed by atoms with E-state index in [1.165, 1.54) is 5.56 Å². The molecule has 2 atom stereocenters. The first-order valence-electron chi connectivity index (χ1n) is 10.9. The fraction of sp³-hybridized carbons (Fsp3) is 0.652. The first-order valence-corrected chi connectivity index (χ1v) is 10.9. The van der Waals surface area contributed by atoms with Crippen molar-refractivity contribution >= 4 is 11.6 Å². The molecule has 0 bridgehead atoms. The summed E-state index contributed by atoms with van der Waals surface area (Å²) in [5.74, 6) is 0.412. The number of amides is 1. The van der Waals surface area contributed by atoms with Gasteiger partial charge in [-0.05, 0) is 44.1 Å². The van der Waals surface area contributed by atoms with Gasteiger partial charge in [-0.1, -0.05) is 29.4 Å². The largest absolute Gasteiger partial charge is 0.396 e. The molecule has 1 amide bonds. The molecule has 29 heavy (non-hydrogen) atoms. The molecule has 6 nitrogen and oxygen atoms in total. The van der Waals surface area contributed by atoms with Gasteiger partial charge >= 0.3 is 0 Å². The molecule has 1 aromatic carbocycles. The Balaban J connectivity index is 1.46. The van der Waals surface area contributed by atoms with E-state index in [9.17, 15) is 9.90 Å². The maximum Gasteiger partial charge on any atom is 0.229 e. The topological polar surface area (TPSA) is 71.4 Å². The molecule has 6 heteroatoms. The van der Waals surface area contributed by atoms with Gasteiger partial charge in [0.05, 0.1) is 11.1 Å². The van der Waals surface area contributed by atoms with Crippen LogP contribution in [0.25, 0.3) is 0 Å². The van der Waals surface area contributed by atoms with Crippen molar-refractivity contribution in [3.63, 3.8) is 0 Å². The number of hydrogen-bond acceptors (Lipinski definition) is 5. The summed E-state index contributed by atoms with van der Waals surface area (Å²) in [5.41, 5.74) is 2.85. The lowest BCUT2D eigenvalue weighted by atomic mass is 9.73. The van der Waals surface area contributed by atoms with Crippen molar-refractivity contribution < 1.29 is 19.5 Å². The van der Waals surface area contributed by atoms with E-state index in [4.69, 9.17) is 9.57 Å². The van der Waals surface area contributed by atoms with Crippen LogP contribution in [0.15, 0.2) is 29.4 Å². The summed E-state index contributed by atoms with van der Waals surface area (Å²) in [4.78, 5) is 21.4. The van der Waals surface area contributed by atoms with Crippen molar-refractivity contribution in [2.75, 3.05) is 32.9 Å². The van der Waals surface area contributed by atoms with Gasteiger partial charge in [0.15, 0.2) is 0 Å². The SMILES string of the molecule is Cc1ccccc1C1=NOC(CC2(C(=O)N3CCCC(CO)C3)CCOCC2)C1. The van der Waals surface area contributed by atoms with Crippen LogP contribution in [0.3, 0.4) is 0 Å². The molecule has 3 aliphatic heterocycles. The van der Waals surface area contributed by atoms with Crippen LogP contribution >= 0.6 is 0 Å². The van der Waals surface area contributed by atoms with E-state index < -0.39 is 5.41 Å². The Morgan fingerprint density at radius 2 is 2.10 bits per heavy atom. The number of likely N-dealkylation sites (tertiary alicyclic amines) is 1. The zero-order valence-electron chi connectivity index (χ0n) is 17.3. The minimum atomic E-state index is -0.447. The van der Waals surface area contributed by atoms with Gasteiger partial charge in [-0.3, -0.25) is 4.79 Å². The number of aryl methyl sites for hydroxylation is 1. The number of aliphatic hydroxyl groups excluding tert-OH is 1. The molecular formula is C23H32N2O4. The molecule has 0 spiro atoms. The fourth-order valence-corrected chi connectivity index (χ4v) is 5.03. The Morgan fingerprint density at radius 3 is 2.86 bits per heavy atom. The molecule has 0 saturated carbocycles. The zero-order valence-corrected chi connectivity index (χ0v) is 17.3. The number of carbonyl (C=O) groups excluding carboxylic acids is 1. The molecule has 1 aromatic rings. The van der Waals surface area contributed by atoms with Gasteiger partial charge in [-0.2, -0.15) is 0 Å². The van der Waals surface area contributed by atoms with Gasteiger partial charge in [0.1, 0.15) is 6.10 Å². The molecule has 0 aliphatic carbocycles. The molecule has 158 valence electrons. The second-order valence-electron chi connectivity index (χ2n) is 8.82. The second-order valence-corrected chi connectivity index (χ2v) is 8.82. The third-order valence-electron chi connectivity index (χ3n) is 6.78. The molecule has 3 heterocycles. The molecule has 3 aliphatic rings. The van der Waals surface area contributed by atoms with E-state index in [0.717, 1.165) is 49.9 Å². The normalized spacial score (nSPS) is 26.7.